The molecule has 0 aliphatic heterocycles. The number of benzene rings is 2. The molecule has 2 amide bonds. The standard InChI is InChI=1S/C18H18N2O5/c1-11-3-8-15(24-2)14(9-11)18(23)25-10-16(21)20-13-6-4-12(5-7-13)17(19)22/h3-9H,10H2,1-2H3,(H2,19,22)(H,20,21). The molecular formula is C18H18N2O5. The van der Waals surface area contributed by atoms with Crippen LogP contribution in [0.15, 0.2) is 42.5 Å². The van der Waals surface area contributed by atoms with Crippen LogP contribution in [0.5, 0.6) is 5.75 Å². The van der Waals surface area contributed by atoms with Gasteiger partial charge in [-0.25, -0.2) is 4.79 Å². The first kappa shape index (κ1) is 18.0. The van der Waals surface area contributed by atoms with Crippen LogP contribution in [0.2, 0.25) is 0 Å². The molecule has 0 saturated carbocycles. The van der Waals surface area contributed by atoms with Gasteiger partial charge in [0.15, 0.2) is 6.61 Å². The third-order valence-electron chi connectivity index (χ3n) is 3.36. The van der Waals surface area contributed by atoms with Gasteiger partial charge < -0.3 is 20.5 Å². The number of nitrogens with two attached hydrogens (primary N) is 1. The molecule has 0 bridgehead atoms. The molecule has 0 aliphatic rings. The zero-order valence-electron chi connectivity index (χ0n) is 13.9. The predicted molar refractivity (Wildman–Crippen MR) is 91.6 cm³/mol. The Kier molecular flexibility index (Phi) is 5.73. The molecule has 0 heterocycles. The van der Waals surface area contributed by atoms with Crippen LogP contribution in [0.3, 0.4) is 0 Å². The maximum absolute atomic E-state index is 12.1. The van der Waals surface area contributed by atoms with Crippen molar-refractivity contribution >= 4 is 23.5 Å². The van der Waals surface area contributed by atoms with Gasteiger partial charge >= 0.3 is 5.97 Å². The molecule has 0 aliphatic carbocycles. The van der Waals surface area contributed by atoms with Gasteiger partial charge in [0.05, 0.1) is 7.11 Å². The van der Waals surface area contributed by atoms with Gasteiger partial charge in [0.1, 0.15) is 11.3 Å². The molecule has 0 unspecified atom stereocenters. The fourth-order valence-electron chi connectivity index (χ4n) is 2.11. The Balaban J connectivity index is 1.94. The summed E-state index contributed by atoms with van der Waals surface area (Å²) in [4.78, 5) is 35.0. The zero-order chi connectivity index (χ0) is 18.4. The number of nitrogens with one attached hydrogen (secondary N) is 1. The molecule has 0 aromatic heterocycles. The second-order valence-corrected chi connectivity index (χ2v) is 5.27. The molecule has 130 valence electrons. The van der Waals surface area contributed by atoms with Gasteiger partial charge in [-0.05, 0) is 43.3 Å². The van der Waals surface area contributed by atoms with E-state index < -0.39 is 24.4 Å². The van der Waals surface area contributed by atoms with Crippen molar-refractivity contribution in [2.75, 3.05) is 19.0 Å². The summed E-state index contributed by atoms with van der Waals surface area (Å²) in [5.41, 5.74) is 7.05. The highest BCUT2D eigenvalue weighted by atomic mass is 16.5. The first-order chi connectivity index (χ1) is 11.9. The van der Waals surface area contributed by atoms with Crippen molar-refractivity contribution in [3.63, 3.8) is 0 Å². The summed E-state index contributed by atoms with van der Waals surface area (Å²) >= 11 is 0. The lowest BCUT2D eigenvalue weighted by Crippen LogP contribution is -2.21. The van der Waals surface area contributed by atoms with Gasteiger partial charge in [-0.2, -0.15) is 0 Å². The van der Waals surface area contributed by atoms with E-state index in [1.54, 1.807) is 18.2 Å². The van der Waals surface area contributed by atoms with E-state index in [1.165, 1.54) is 31.4 Å². The summed E-state index contributed by atoms with van der Waals surface area (Å²) in [7, 11) is 1.45. The largest absolute Gasteiger partial charge is 0.496 e. The van der Waals surface area contributed by atoms with E-state index in [2.05, 4.69) is 5.32 Å². The fraction of sp³-hybridized carbons (Fsp3) is 0.167. The second kappa shape index (κ2) is 7.96. The van der Waals surface area contributed by atoms with E-state index in [4.69, 9.17) is 15.2 Å². The highest BCUT2D eigenvalue weighted by Gasteiger charge is 2.15. The number of hydrogen-bond donors (Lipinski definition) is 2. The first-order valence-corrected chi connectivity index (χ1v) is 7.42. The molecule has 2 aromatic rings. The number of methoxy groups -OCH3 is 1. The van der Waals surface area contributed by atoms with Crippen molar-refractivity contribution in [3.05, 3.63) is 59.2 Å². The van der Waals surface area contributed by atoms with Crippen molar-refractivity contribution in [3.8, 4) is 5.75 Å². The van der Waals surface area contributed by atoms with Crippen LogP contribution in [-0.2, 0) is 9.53 Å². The SMILES string of the molecule is COc1ccc(C)cc1C(=O)OCC(=O)Nc1ccc(C(N)=O)cc1. The van der Waals surface area contributed by atoms with Crippen LogP contribution in [0.25, 0.3) is 0 Å². The molecule has 2 aromatic carbocycles. The van der Waals surface area contributed by atoms with Gasteiger partial charge in [-0.3, -0.25) is 9.59 Å². The van der Waals surface area contributed by atoms with E-state index >= 15 is 0 Å². The quantitative estimate of drug-likeness (QED) is 0.780. The van der Waals surface area contributed by atoms with E-state index in [0.717, 1.165) is 5.56 Å². The molecule has 2 rings (SSSR count). The summed E-state index contributed by atoms with van der Waals surface area (Å²) in [6.07, 6.45) is 0. The molecule has 0 spiro atoms. The number of primary amides is 1. The highest BCUT2D eigenvalue weighted by Crippen LogP contribution is 2.20. The number of hydrogen-bond acceptors (Lipinski definition) is 5. The van der Waals surface area contributed by atoms with E-state index in [0.29, 0.717) is 17.0 Å². The maximum Gasteiger partial charge on any atom is 0.342 e. The number of ether oxygens (including phenoxy) is 2. The Morgan fingerprint density at radius 2 is 1.76 bits per heavy atom. The Morgan fingerprint density at radius 3 is 2.36 bits per heavy atom. The summed E-state index contributed by atoms with van der Waals surface area (Å²) in [6.45, 7) is 1.38. The molecule has 0 fully saturated rings. The average Bonchev–Trinajstić information content (AvgIpc) is 2.60. The highest BCUT2D eigenvalue weighted by molar-refractivity contribution is 5.97. The predicted octanol–water partition coefficient (Wildman–Crippen LogP) is 1.90. The number of aryl methyl sites for hydroxylation is 1. The van der Waals surface area contributed by atoms with E-state index in [-0.39, 0.29) is 5.56 Å². The van der Waals surface area contributed by atoms with Gasteiger partial charge in [0.2, 0.25) is 5.91 Å². The third kappa shape index (κ3) is 4.81. The monoisotopic (exact) mass is 342 g/mol. The fourth-order valence-corrected chi connectivity index (χ4v) is 2.11. The lowest BCUT2D eigenvalue weighted by molar-refractivity contribution is -0.119. The van der Waals surface area contributed by atoms with Gasteiger partial charge in [0.25, 0.3) is 5.91 Å². The van der Waals surface area contributed by atoms with Crippen LogP contribution in [0, 0.1) is 6.92 Å². The van der Waals surface area contributed by atoms with Gasteiger partial charge in [0, 0.05) is 11.3 Å². The van der Waals surface area contributed by atoms with Crippen molar-refractivity contribution in [2.24, 2.45) is 5.73 Å². The molecular weight excluding hydrogens is 324 g/mol. The summed E-state index contributed by atoms with van der Waals surface area (Å²) in [5.74, 6) is -1.34. The smallest absolute Gasteiger partial charge is 0.342 e. The molecule has 7 heteroatoms. The van der Waals surface area contributed by atoms with Crippen LogP contribution < -0.4 is 15.8 Å². The van der Waals surface area contributed by atoms with E-state index in [9.17, 15) is 14.4 Å². The molecule has 3 N–H and O–H groups in total. The first-order valence-electron chi connectivity index (χ1n) is 7.42. The number of anilines is 1. The number of rotatable bonds is 6. The van der Waals surface area contributed by atoms with Crippen molar-refractivity contribution < 1.29 is 23.9 Å². The molecule has 0 atom stereocenters. The Morgan fingerprint density at radius 1 is 1.08 bits per heavy atom. The van der Waals surface area contributed by atoms with E-state index in [1.807, 2.05) is 6.92 Å². The minimum absolute atomic E-state index is 0.251. The topological polar surface area (TPSA) is 108 Å². The number of amides is 2. The third-order valence-corrected chi connectivity index (χ3v) is 3.36. The Bertz CT molecular complexity index is 800. The lowest BCUT2D eigenvalue weighted by atomic mass is 10.1. The van der Waals surface area contributed by atoms with Gasteiger partial charge in [-0.15, -0.1) is 0 Å². The van der Waals surface area contributed by atoms with Crippen LogP contribution >= 0.6 is 0 Å². The van der Waals surface area contributed by atoms with Crippen molar-refractivity contribution in [1.82, 2.24) is 0 Å². The lowest BCUT2D eigenvalue weighted by Gasteiger charge is -2.10. The zero-order valence-corrected chi connectivity index (χ0v) is 13.9. The average molecular weight is 342 g/mol. The van der Waals surface area contributed by atoms with Crippen LogP contribution in [-0.4, -0.2) is 31.5 Å². The summed E-state index contributed by atoms with van der Waals surface area (Å²) in [5, 5.41) is 2.56. The molecule has 7 nitrogen and oxygen atoms in total. The molecule has 25 heavy (non-hydrogen) atoms. The summed E-state index contributed by atoms with van der Waals surface area (Å²) < 4.78 is 10.1. The minimum atomic E-state index is -0.653. The van der Waals surface area contributed by atoms with Crippen molar-refractivity contribution in [2.45, 2.75) is 6.92 Å². The molecule has 0 saturated heterocycles. The number of carbonyl (C=O) groups excluding carboxylic acids is 3. The Hall–Kier alpha value is -3.35. The maximum atomic E-state index is 12.1. The van der Waals surface area contributed by atoms with Gasteiger partial charge in [-0.1, -0.05) is 11.6 Å². The minimum Gasteiger partial charge on any atom is -0.496 e. The number of carbonyl (C=O) groups is 3. The Labute approximate surface area is 144 Å². The van der Waals surface area contributed by atoms with Crippen LogP contribution in [0.1, 0.15) is 26.3 Å². The summed E-state index contributed by atoms with van der Waals surface area (Å²) in [6, 6.07) is 11.1. The number of esters is 1. The van der Waals surface area contributed by atoms with Crippen molar-refractivity contribution in [1.29, 1.82) is 0 Å². The second-order valence-electron chi connectivity index (χ2n) is 5.27. The normalized spacial score (nSPS) is 10.0. The van der Waals surface area contributed by atoms with Crippen LogP contribution in [0.4, 0.5) is 5.69 Å². The molecule has 0 radical (unpaired) electrons.